The molecule has 0 saturated heterocycles. The Kier molecular flexibility index (Phi) is 4.04. The first kappa shape index (κ1) is 13.1. The number of rotatable bonds is 5. The van der Waals surface area contributed by atoms with Crippen LogP contribution in [0.4, 0.5) is 0 Å². The van der Waals surface area contributed by atoms with E-state index in [9.17, 15) is 0 Å². The monoisotopic (exact) mass is 269 g/mol. The smallest absolute Gasteiger partial charge is 0.244 e. The Labute approximate surface area is 111 Å². The molecule has 0 aliphatic carbocycles. The van der Waals surface area contributed by atoms with E-state index in [4.69, 9.17) is 20.5 Å². The zero-order valence-corrected chi connectivity index (χ0v) is 11.4. The lowest BCUT2D eigenvalue weighted by molar-refractivity contribution is 0.281. The summed E-state index contributed by atoms with van der Waals surface area (Å²) >= 11 is 5.72. The Balaban J connectivity index is 2.03. The average molecular weight is 270 g/mol. The van der Waals surface area contributed by atoms with Crippen LogP contribution in [0.5, 0.6) is 0 Å². The Morgan fingerprint density at radius 2 is 2.17 bits per heavy atom. The minimum absolute atomic E-state index is 0.00456. The third-order valence-corrected chi connectivity index (χ3v) is 2.80. The molecule has 18 heavy (non-hydrogen) atoms. The first-order chi connectivity index (χ1) is 8.56. The highest BCUT2D eigenvalue weighted by atomic mass is 35.5. The average Bonchev–Trinajstić information content (AvgIpc) is 2.88. The van der Waals surface area contributed by atoms with Crippen molar-refractivity contribution >= 4 is 11.6 Å². The maximum absolute atomic E-state index is 5.72. The fourth-order valence-corrected chi connectivity index (χ4v) is 1.87. The molecule has 1 N–H and O–H groups in total. The van der Waals surface area contributed by atoms with Crippen molar-refractivity contribution < 1.29 is 8.94 Å². The molecule has 2 heterocycles. The number of nitrogens with zero attached hydrogens (tertiary/aromatic N) is 2. The Morgan fingerprint density at radius 3 is 2.67 bits per heavy atom. The van der Waals surface area contributed by atoms with Gasteiger partial charge in [0.15, 0.2) is 11.0 Å². The molecule has 0 saturated carbocycles. The van der Waals surface area contributed by atoms with Crippen LogP contribution >= 0.6 is 11.6 Å². The molecule has 0 aliphatic heterocycles. The van der Waals surface area contributed by atoms with Crippen LogP contribution in [-0.4, -0.2) is 10.1 Å². The Morgan fingerprint density at radius 1 is 1.39 bits per heavy atom. The zero-order chi connectivity index (χ0) is 13.1. The molecule has 0 radical (unpaired) electrons. The largest absolute Gasteiger partial charge is 0.448 e. The van der Waals surface area contributed by atoms with Gasteiger partial charge in [0, 0.05) is 0 Å². The molecule has 1 atom stereocenters. The molecule has 0 aliphatic rings. The molecule has 1 unspecified atom stereocenters. The molecule has 0 bridgehead atoms. The lowest BCUT2D eigenvalue weighted by atomic mass is 10.0. The van der Waals surface area contributed by atoms with Crippen LogP contribution in [-0.2, 0) is 6.54 Å². The fraction of sp³-hybridized carbons (Fsp3) is 0.500. The summed E-state index contributed by atoms with van der Waals surface area (Å²) in [7, 11) is 0. The van der Waals surface area contributed by atoms with E-state index in [-0.39, 0.29) is 6.04 Å². The van der Waals surface area contributed by atoms with Gasteiger partial charge in [-0.1, -0.05) is 19.0 Å². The van der Waals surface area contributed by atoms with Crippen molar-refractivity contribution in [1.29, 1.82) is 0 Å². The van der Waals surface area contributed by atoms with E-state index in [2.05, 4.69) is 29.3 Å². The summed E-state index contributed by atoms with van der Waals surface area (Å²) in [5.74, 6) is 2.34. The topological polar surface area (TPSA) is 64.1 Å². The first-order valence-corrected chi connectivity index (χ1v) is 6.22. The predicted molar refractivity (Wildman–Crippen MR) is 67.2 cm³/mol. The molecule has 0 fully saturated rings. The van der Waals surface area contributed by atoms with E-state index in [1.165, 1.54) is 0 Å². The van der Waals surface area contributed by atoms with Gasteiger partial charge in [0.05, 0.1) is 12.6 Å². The van der Waals surface area contributed by atoms with Gasteiger partial charge in [0.2, 0.25) is 5.89 Å². The van der Waals surface area contributed by atoms with Crippen molar-refractivity contribution in [1.82, 2.24) is 15.5 Å². The van der Waals surface area contributed by atoms with Gasteiger partial charge in [-0.3, -0.25) is 5.32 Å². The molecule has 0 spiro atoms. The van der Waals surface area contributed by atoms with Gasteiger partial charge in [-0.25, -0.2) is 0 Å². The maximum atomic E-state index is 5.72. The summed E-state index contributed by atoms with van der Waals surface area (Å²) in [6, 6.07) is 3.56. The van der Waals surface area contributed by atoms with E-state index < -0.39 is 0 Å². The Bertz CT molecular complexity index is 507. The molecular weight excluding hydrogens is 254 g/mol. The van der Waals surface area contributed by atoms with E-state index in [0.29, 0.717) is 29.4 Å². The quantitative estimate of drug-likeness (QED) is 0.903. The van der Waals surface area contributed by atoms with Gasteiger partial charge >= 0.3 is 0 Å². The molecule has 2 rings (SSSR count). The van der Waals surface area contributed by atoms with E-state index in [0.717, 1.165) is 5.76 Å². The van der Waals surface area contributed by atoms with Crippen LogP contribution in [0.1, 0.15) is 37.4 Å². The third kappa shape index (κ3) is 3.11. The minimum atomic E-state index is -0.00456. The molecule has 6 heteroatoms. The summed E-state index contributed by atoms with van der Waals surface area (Å²) < 4.78 is 10.5. The molecule has 0 amide bonds. The van der Waals surface area contributed by atoms with Crippen LogP contribution in [0.25, 0.3) is 0 Å². The van der Waals surface area contributed by atoms with Crippen LogP contribution in [0.15, 0.2) is 21.1 Å². The second kappa shape index (κ2) is 5.54. The minimum Gasteiger partial charge on any atom is -0.448 e. The van der Waals surface area contributed by atoms with Gasteiger partial charge in [0.25, 0.3) is 0 Å². The molecule has 2 aromatic heterocycles. The highest BCUT2D eigenvalue weighted by Gasteiger charge is 2.21. The van der Waals surface area contributed by atoms with E-state index >= 15 is 0 Å². The Hall–Kier alpha value is -1.33. The third-order valence-electron chi connectivity index (χ3n) is 2.60. The number of aromatic nitrogens is 2. The van der Waals surface area contributed by atoms with Gasteiger partial charge in [0.1, 0.15) is 5.76 Å². The van der Waals surface area contributed by atoms with Crippen molar-refractivity contribution in [3.05, 3.63) is 34.8 Å². The predicted octanol–water partition coefficient (Wildman–Crippen LogP) is 3.11. The summed E-state index contributed by atoms with van der Waals surface area (Å²) in [6.07, 6.45) is 0. The van der Waals surface area contributed by atoms with Crippen LogP contribution < -0.4 is 5.32 Å². The maximum Gasteiger partial charge on any atom is 0.244 e. The summed E-state index contributed by atoms with van der Waals surface area (Å²) in [5, 5.41) is 7.53. The summed E-state index contributed by atoms with van der Waals surface area (Å²) in [4.78, 5) is 4.25. The molecule has 0 aromatic carbocycles. The lowest BCUT2D eigenvalue weighted by Gasteiger charge is -2.17. The van der Waals surface area contributed by atoms with Gasteiger partial charge in [-0.2, -0.15) is 4.98 Å². The standard InChI is InChI=1S/C12H16ClN3O2/c1-7(2)11(12-15-8(3)16-18-12)14-6-9-4-5-10(13)17-9/h4-5,7,11,14H,6H2,1-3H3. The van der Waals surface area contributed by atoms with Crippen LogP contribution in [0.3, 0.4) is 0 Å². The van der Waals surface area contributed by atoms with Gasteiger partial charge < -0.3 is 8.94 Å². The number of hydrogen-bond donors (Lipinski definition) is 1. The molecule has 5 nitrogen and oxygen atoms in total. The van der Waals surface area contributed by atoms with E-state index in [1.807, 2.05) is 6.07 Å². The number of aryl methyl sites for hydroxylation is 1. The van der Waals surface area contributed by atoms with Gasteiger partial charge in [-0.15, -0.1) is 0 Å². The highest BCUT2D eigenvalue weighted by Crippen LogP contribution is 2.21. The fourth-order valence-electron chi connectivity index (χ4n) is 1.70. The molecule has 2 aromatic rings. The van der Waals surface area contributed by atoms with Crippen LogP contribution in [0.2, 0.25) is 5.22 Å². The van der Waals surface area contributed by atoms with Crippen molar-refractivity contribution in [3.63, 3.8) is 0 Å². The van der Waals surface area contributed by atoms with Crippen molar-refractivity contribution in [2.24, 2.45) is 5.92 Å². The van der Waals surface area contributed by atoms with Crippen molar-refractivity contribution in [3.8, 4) is 0 Å². The van der Waals surface area contributed by atoms with Gasteiger partial charge in [-0.05, 0) is 36.6 Å². The number of hydrogen-bond acceptors (Lipinski definition) is 5. The second-order valence-electron chi connectivity index (χ2n) is 4.49. The SMILES string of the molecule is Cc1noc(C(NCc2ccc(Cl)o2)C(C)C)n1. The molecule has 98 valence electrons. The highest BCUT2D eigenvalue weighted by molar-refractivity contribution is 6.28. The normalized spacial score (nSPS) is 13.2. The summed E-state index contributed by atoms with van der Waals surface area (Å²) in [5.41, 5.74) is 0. The first-order valence-electron chi connectivity index (χ1n) is 5.84. The van der Waals surface area contributed by atoms with E-state index in [1.54, 1.807) is 13.0 Å². The molecular formula is C12H16ClN3O2. The second-order valence-corrected chi connectivity index (χ2v) is 4.86. The van der Waals surface area contributed by atoms with Crippen LogP contribution in [0, 0.1) is 12.8 Å². The van der Waals surface area contributed by atoms with Crippen molar-refractivity contribution in [2.45, 2.75) is 33.4 Å². The number of halogens is 1. The number of nitrogens with one attached hydrogen (secondary N) is 1. The van der Waals surface area contributed by atoms with Crippen molar-refractivity contribution in [2.75, 3.05) is 0 Å². The lowest BCUT2D eigenvalue weighted by Crippen LogP contribution is -2.25. The summed E-state index contributed by atoms with van der Waals surface area (Å²) in [6.45, 7) is 6.55. The zero-order valence-electron chi connectivity index (χ0n) is 10.6. The number of furan rings is 1.